The van der Waals surface area contributed by atoms with Crippen molar-refractivity contribution in [2.75, 3.05) is 23.3 Å². The molecular formula is C24H25F2N7O. The van der Waals surface area contributed by atoms with E-state index in [1.807, 2.05) is 13.0 Å². The molecule has 5 rings (SSSR count). The summed E-state index contributed by atoms with van der Waals surface area (Å²) < 4.78 is 30.6. The highest BCUT2D eigenvalue weighted by molar-refractivity contribution is 5.74. The molecule has 0 saturated carbocycles. The molecule has 1 aliphatic heterocycles. The molecule has 1 fully saturated rings. The fourth-order valence-electron chi connectivity index (χ4n) is 4.44. The Morgan fingerprint density at radius 2 is 1.88 bits per heavy atom. The molecule has 3 unspecified atom stereocenters. The van der Waals surface area contributed by atoms with Gasteiger partial charge in [0.25, 0.3) is 0 Å². The van der Waals surface area contributed by atoms with Crippen LogP contribution in [0.5, 0.6) is 0 Å². The van der Waals surface area contributed by atoms with Crippen molar-refractivity contribution in [3.05, 3.63) is 66.1 Å². The second kappa shape index (κ2) is 8.62. The van der Waals surface area contributed by atoms with Crippen LogP contribution in [-0.4, -0.2) is 49.9 Å². The number of aromatic nitrogens is 4. The molecule has 4 heterocycles. The van der Waals surface area contributed by atoms with E-state index in [0.717, 1.165) is 5.69 Å². The molecule has 0 amide bonds. The van der Waals surface area contributed by atoms with Crippen LogP contribution >= 0.6 is 0 Å². The van der Waals surface area contributed by atoms with E-state index in [0.29, 0.717) is 35.8 Å². The molecule has 4 N–H and O–H groups in total. The molecule has 10 heteroatoms. The zero-order chi connectivity index (χ0) is 24.0. The molecular weight excluding hydrogens is 440 g/mol. The van der Waals surface area contributed by atoms with E-state index in [4.69, 9.17) is 5.73 Å². The predicted molar refractivity (Wildman–Crippen MR) is 126 cm³/mol. The molecule has 0 aliphatic carbocycles. The fraction of sp³-hybridized carbons (Fsp3) is 0.292. The third-order valence-electron chi connectivity index (χ3n) is 6.17. The van der Waals surface area contributed by atoms with Crippen molar-refractivity contribution in [2.24, 2.45) is 11.7 Å². The van der Waals surface area contributed by atoms with Crippen molar-refractivity contribution in [3.8, 4) is 11.3 Å². The lowest BCUT2D eigenvalue weighted by atomic mass is 9.92. The number of benzene rings is 1. The van der Waals surface area contributed by atoms with Gasteiger partial charge in [-0.3, -0.25) is 4.98 Å². The highest BCUT2D eigenvalue weighted by atomic mass is 19.1. The highest BCUT2D eigenvalue weighted by Crippen LogP contribution is 2.32. The number of aliphatic hydroxyl groups excluding tert-OH is 1. The molecule has 176 valence electrons. The maximum absolute atomic E-state index is 14.6. The van der Waals surface area contributed by atoms with Gasteiger partial charge in [0.2, 0.25) is 5.95 Å². The topological polar surface area (TPSA) is 105 Å². The summed E-state index contributed by atoms with van der Waals surface area (Å²) in [5.41, 5.74) is 8.78. The summed E-state index contributed by atoms with van der Waals surface area (Å²) in [5, 5.41) is 17.9. The summed E-state index contributed by atoms with van der Waals surface area (Å²) >= 11 is 0. The summed E-state index contributed by atoms with van der Waals surface area (Å²) in [4.78, 5) is 10.7. The number of imidazole rings is 1. The van der Waals surface area contributed by atoms with Crippen molar-refractivity contribution >= 4 is 22.8 Å². The number of nitrogens with one attached hydrogen (secondary N) is 1. The number of hydrogen-bond acceptors (Lipinski definition) is 7. The van der Waals surface area contributed by atoms with Crippen molar-refractivity contribution in [3.63, 3.8) is 0 Å². The Hall–Kier alpha value is -3.63. The largest absolute Gasteiger partial charge is 0.391 e. The quantitative estimate of drug-likeness (QED) is 0.425. The van der Waals surface area contributed by atoms with Crippen LogP contribution in [0.25, 0.3) is 16.8 Å². The number of aryl methyl sites for hydroxylation is 1. The molecule has 0 spiro atoms. The smallest absolute Gasteiger partial charge is 0.229 e. The van der Waals surface area contributed by atoms with Gasteiger partial charge in [-0.2, -0.15) is 9.61 Å². The van der Waals surface area contributed by atoms with E-state index in [1.54, 1.807) is 37.6 Å². The van der Waals surface area contributed by atoms with E-state index >= 15 is 0 Å². The molecule has 1 aliphatic rings. The summed E-state index contributed by atoms with van der Waals surface area (Å²) in [6, 6.07) is 7.32. The maximum Gasteiger partial charge on any atom is 0.229 e. The Labute approximate surface area is 195 Å². The van der Waals surface area contributed by atoms with Gasteiger partial charge in [-0.1, -0.05) is 6.92 Å². The first-order valence-electron chi connectivity index (χ1n) is 11.0. The van der Waals surface area contributed by atoms with Gasteiger partial charge in [-0.05, 0) is 42.8 Å². The number of piperidine rings is 1. The molecule has 1 aromatic carbocycles. The van der Waals surface area contributed by atoms with E-state index < -0.39 is 17.7 Å². The summed E-state index contributed by atoms with van der Waals surface area (Å²) in [7, 11) is 0. The zero-order valence-electron chi connectivity index (χ0n) is 18.8. The minimum absolute atomic E-state index is 0.000507. The fourth-order valence-corrected chi connectivity index (χ4v) is 4.44. The van der Waals surface area contributed by atoms with Crippen molar-refractivity contribution in [1.82, 2.24) is 19.6 Å². The molecule has 34 heavy (non-hydrogen) atoms. The minimum Gasteiger partial charge on any atom is -0.391 e. The average Bonchev–Trinajstić information content (AvgIpc) is 3.19. The number of fused-ring (bicyclic) bond motifs is 1. The van der Waals surface area contributed by atoms with Crippen LogP contribution in [0.15, 0.2) is 48.9 Å². The first-order chi connectivity index (χ1) is 16.3. The molecule has 3 aromatic heterocycles. The number of pyridine rings is 1. The number of nitrogens with two attached hydrogens (primary N) is 1. The zero-order valence-corrected chi connectivity index (χ0v) is 18.8. The van der Waals surface area contributed by atoms with Gasteiger partial charge >= 0.3 is 0 Å². The predicted octanol–water partition coefficient (Wildman–Crippen LogP) is 3.27. The average molecular weight is 466 g/mol. The minimum atomic E-state index is -0.675. The number of nitrogens with zero attached hydrogens (tertiary/aromatic N) is 5. The van der Waals surface area contributed by atoms with Crippen LogP contribution in [0.1, 0.15) is 12.5 Å². The van der Waals surface area contributed by atoms with Gasteiger partial charge in [-0.15, -0.1) is 0 Å². The lowest BCUT2D eigenvalue weighted by Crippen LogP contribution is -2.55. The van der Waals surface area contributed by atoms with Gasteiger partial charge in [0.05, 0.1) is 46.6 Å². The van der Waals surface area contributed by atoms with Gasteiger partial charge in [-0.25, -0.2) is 13.8 Å². The lowest BCUT2D eigenvalue weighted by Gasteiger charge is -2.40. The maximum atomic E-state index is 14.6. The number of rotatable bonds is 4. The molecule has 8 nitrogen and oxygen atoms in total. The Balaban J connectivity index is 1.51. The molecule has 0 radical (unpaired) electrons. The number of aliphatic hydroxyl groups is 1. The van der Waals surface area contributed by atoms with E-state index in [1.165, 1.54) is 16.6 Å². The van der Waals surface area contributed by atoms with Crippen LogP contribution < -0.4 is 16.0 Å². The normalized spacial score (nSPS) is 20.6. The van der Waals surface area contributed by atoms with Crippen LogP contribution in [-0.2, 0) is 0 Å². The first-order valence-corrected chi connectivity index (χ1v) is 11.0. The molecule has 3 atom stereocenters. The monoisotopic (exact) mass is 465 g/mol. The third kappa shape index (κ3) is 3.95. The van der Waals surface area contributed by atoms with Crippen molar-refractivity contribution < 1.29 is 13.9 Å². The Morgan fingerprint density at radius 3 is 2.62 bits per heavy atom. The molecule has 0 bridgehead atoms. The van der Waals surface area contributed by atoms with E-state index in [-0.39, 0.29) is 23.2 Å². The molecule has 4 aromatic rings. The van der Waals surface area contributed by atoms with Gasteiger partial charge < -0.3 is 21.1 Å². The first kappa shape index (κ1) is 22.2. The van der Waals surface area contributed by atoms with Gasteiger partial charge in [0.1, 0.15) is 11.6 Å². The highest BCUT2D eigenvalue weighted by Gasteiger charge is 2.32. The van der Waals surface area contributed by atoms with Crippen molar-refractivity contribution in [1.29, 1.82) is 0 Å². The van der Waals surface area contributed by atoms with Crippen LogP contribution in [0.2, 0.25) is 0 Å². The number of anilines is 3. The number of hydrogen-bond donors (Lipinski definition) is 3. The Morgan fingerprint density at radius 1 is 1.12 bits per heavy atom. The van der Waals surface area contributed by atoms with E-state index in [2.05, 4.69) is 25.3 Å². The van der Waals surface area contributed by atoms with Crippen LogP contribution in [0.4, 0.5) is 26.1 Å². The molecule has 1 saturated heterocycles. The SMILES string of the molecule is Cc1cc(F)c(-c2ccc3cnc(Nc4cnccc4N4CC(C)C(O)C(N)C4)n3n2)c(F)c1. The lowest BCUT2D eigenvalue weighted by molar-refractivity contribution is 0.0785. The van der Waals surface area contributed by atoms with Crippen LogP contribution in [0.3, 0.4) is 0 Å². The second-order valence-corrected chi connectivity index (χ2v) is 8.80. The van der Waals surface area contributed by atoms with Crippen LogP contribution in [0, 0.1) is 24.5 Å². The summed E-state index contributed by atoms with van der Waals surface area (Å²) in [5.74, 6) is -0.980. The Kier molecular flexibility index (Phi) is 5.62. The van der Waals surface area contributed by atoms with Gasteiger partial charge in [0.15, 0.2) is 0 Å². The van der Waals surface area contributed by atoms with E-state index in [9.17, 15) is 13.9 Å². The third-order valence-corrected chi connectivity index (χ3v) is 6.17. The van der Waals surface area contributed by atoms with Gasteiger partial charge in [0, 0.05) is 31.2 Å². The standard InChI is InChI=1S/C24H25F2N7O/c1-13-7-16(25)22(17(26)8-13)19-4-3-15-9-29-24(33(15)31-19)30-20-10-28-6-5-21(20)32-11-14(2)23(34)18(27)12-32/h3-10,14,18,23,34H,11-12,27H2,1-2H3,(H,29,30). The summed E-state index contributed by atoms with van der Waals surface area (Å²) in [6.45, 7) is 4.71. The van der Waals surface area contributed by atoms with Crippen molar-refractivity contribution in [2.45, 2.75) is 26.0 Å². The second-order valence-electron chi connectivity index (χ2n) is 8.80. The summed E-state index contributed by atoms with van der Waals surface area (Å²) in [6.07, 6.45) is 4.41. The number of halogens is 2. The Bertz CT molecular complexity index is 1320.